The first-order chi connectivity index (χ1) is 15.2. The van der Waals surface area contributed by atoms with E-state index in [1.54, 1.807) is 6.21 Å². The summed E-state index contributed by atoms with van der Waals surface area (Å²) in [6.07, 6.45) is 5.28. The van der Waals surface area contributed by atoms with Crippen LogP contribution in [0.15, 0.2) is 11.2 Å². The molecule has 0 unspecified atom stereocenters. The highest BCUT2D eigenvalue weighted by Gasteiger charge is 2.20. The smallest absolute Gasteiger partial charge is 0.345 e. The third kappa shape index (κ3) is 9.40. The molecule has 1 aliphatic carbocycles. The Bertz CT molecular complexity index is 748. The van der Waals surface area contributed by atoms with Gasteiger partial charge in [-0.2, -0.15) is 22.5 Å². The van der Waals surface area contributed by atoms with Crippen LogP contribution in [-0.4, -0.2) is 72.3 Å². The van der Waals surface area contributed by atoms with Crippen LogP contribution in [0.5, 0.6) is 0 Å². The zero-order valence-electron chi connectivity index (χ0n) is 17.5. The Morgan fingerprint density at radius 2 is 1.94 bits per heavy atom. The number of halogens is 4. The first-order valence-corrected chi connectivity index (χ1v) is 10.2. The van der Waals surface area contributed by atoms with Crippen molar-refractivity contribution in [3.05, 3.63) is 11.8 Å². The average molecular weight is 465 g/mol. The third-order valence-corrected chi connectivity index (χ3v) is 4.64. The maximum absolute atomic E-state index is 12.6. The quantitative estimate of drug-likeness (QED) is 0.247. The van der Waals surface area contributed by atoms with Crippen molar-refractivity contribution < 1.29 is 36.9 Å². The topological polar surface area (TPSA) is 118 Å². The first-order valence-electron chi connectivity index (χ1n) is 10.2. The maximum atomic E-state index is 12.6. The van der Waals surface area contributed by atoms with Crippen molar-refractivity contribution in [1.29, 1.82) is 0 Å². The summed E-state index contributed by atoms with van der Waals surface area (Å²) < 4.78 is 56.8. The van der Waals surface area contributed by atoms with Gasteiger partial charge in [-0.1, -0.05) is 0 Å². The molecule has 0 aromatic carbocycles. The molecule has 1 atom stereocenters. The fourth-order valence-electron chi connectivity index (χ4n) is 3.01. The molecule has 9 nitrogen and oxygen atoms in total. The number of alkyl halides is 4. The molecule has 0 bridgehead atoms. The van der Waals surface area contributed by atoms with E-state index in [-0.39, 0.29) is 42.5 Å². The molecular formula is C19H27F4N5O4. The Kier molecular flexibility index (Phi) is 10.7. The van der Waals surface area contributed by atoms with Gasteiger partial charge in [0, 0.05) is 25.0 Å². The predicted octanol–water partition coefficient (Wildman–Crippen LogP) is 2.74. The number of aliphatic hydroxyl groups is 1. The lowest BCUT2D eigenvalue weighted by molar-refractivity contribution is -0.132. The molecule has 1 aliphatic rings. The van der Waals surface area contributed by atoms with Crippen molar-refractivity contribution in [2.75, 3.05) is 25.1 Å². The molecule has 32 heavy (non-hydrogen) atoms. The number of hydrogen-bond donors (Lipinski definition) is 3. The van der Waals surface area contributed by atoms with Crippen molar-refractivity contribution in [2.24, 2.45) is 10.9 Å². The van der Waals surface area contributed by atoms with Crippen LogP contribution >= 0.6 is 0 Å². The van der Waals surface area contributed by atoms with E-state index < -0.39 is 31.8 Å². The molecule has 1 aromatic heterocycles. The fraction of sp³-hybridized carbons (Fsp3) is 0.684. The first kappa shape index (κ1) is 25.9. The molecule has 0 spiro atoms. The number of rotatable bonds is 12. The van der Waals surface area contributed by atoms with E-state index in [1.165, 1.54) is 13.1 Å². The number of ether oxygens (including phenoxy) is 2. The summed E-state index contributed by atoms with van der Waals surface area (Å²) in [5, 5.41) is 14.8. The predicted molar refractivity (Wildman–Crippen MR) is 107 cm³/mol. The van der Waals surface area contributed by atoms with E-state index in [4.69, 9.17) is 0 Å². The second kappa shape index (κ2) is 13.2. The molecule has 0 aliphatic heterocycles. The van der Waals surface area contributed by atoms with Gasteiger partial charge >= 0.3 is 13.2 Å². The largest absolute Gasteiger partial charge is 0.393 e. The zero-order valence-corrected chi connectivity index (χ0v) is 17.5. The SMILES string of the molecule is C[C@H](COC(F)F)NC(=O)c1cnc(NCCOC(F)F)nc1/N=C\C1CCC(O)CC1. The van der Waals surface area contributed by atoms with Crippen molar-refractivity contribution >= 4 is 23.9 Å². The lowest BCUT2D eigenvalue weighted by Crippen LogP contribution is -2.36. The number of carbonyl (C=O) groups excluding carboxylic acids is 1. The van der Waals surface area contributed by atoms with Crippen LogP contribution in [0.25, 0.3) is 0 Å². The van der Waals surface area contributed by atoms with E-state index in [1.807, 2.05) is 0 Å². The van der Waals surface area contributed by atoms with Gasteiger partial charge in [0.2, 0.25) is 5.95 Å². The Hall–Kier alpha value is -2.38. The van der Waals surface area contributed by atoms with Crippen LogP contribution in [0.3, 0.4) is 0 Å². The van der Waals surface area contributed by atoms with Crippen LogP contribution in [-0.2, 0) is 9.47 Å². The van der Waals surface area contributed by atoms with Crippen molar-refractivity contribution in [2.45, 2.75) is 58.0 Å². The molecular weight excluding hydrogens is 438 g/mol. The number of carbonyl (C=O) groups is 1. The van der Waals surface area contributed by atoms with E-state index in [0.29, 0.717) is 12.8 Å². The molecule has 1 saturated carbocycles. The fourth-order valence-corrected chi connectivity index (χ4v) is 3.01. The summed E-state index contributed by atoms with van der Waals surface area (Å²) in [5.41, 5.74) is 0.00960. The van der Waals surface area contributed by atoms with Crippen molar-refractivity contribution in [1.82, 2.24) is 15.3 Å². The molecule has 1 amide bonds. The lowest BCUT2D eigenvalue weighted by atomic mass is 9.88. The molecule has 1 heterocycles. The molecule has 3 N–H and O–H groups in total. The van der Waals surface area contributed by atoms with Gasteiger partial charge in [-0.25, -0.2) is 9.98 Å². The Labute approximate surface area is 182 Å². The van der Waals surface area contributed by atoms with Gasteiger partial charge in [-0.3, -0.25) is 4.79 Å². The standard InChI is InChI=1S/C19H27F4N5O4/c1-11(10-32-18(22)23)27-16(30)14-9-26-19(24-6-7-31-17(20)21)28-15(14)25-8-12-2-4-13(29)5-3-12/h8-9,11-13,17-18,29H,2-7,10H2,1H3,(H,27,30)(H,24,26,28)/b25-8-/t11-,12?,13?/m1/s1. The average Bonchev–Trinajstić information content (AvgIpc) is 2.74. The molecule has 1 fully saturated rings. The number of hydrogen-bond acceptors (Lipinski definition) is 8. The lowest BCUT2D eigenvalue weighted by Gasteiger charge is -2.22. The summed E-state index contributed by atoms with van der Waals surface area (Å²) in [4.78, 5) is 25.1. The minimum absolute atomic E-state index is 0.00154. The highest BCUT2D eigenvalue weighted by Crippen LogP contribution is 2.24. The number of aliphatic imine (C=N–C) groups is 1. The summed E-state index contributed by atoms with van der Waals surface area (Å²) in [6.45, 7) is -5.02. The van der Waals surface area contributed by atoms with Gasteiger partial charge in [0.1, 0.15) is 5.56 Å². The van der Waals surface area contributed by atoms with Crippen molar-refractivity contribution in [3.8, 4) is 0 Å². The summed E-state index contributed by atoms with van der Waals surface area (Å²) in [7, 11) is 0. The number of aromatic nitrogens is 2. The second-order valence-electron chi connectivity index (χ2n) is 7.30. The van der Waals surface area contributed by atoms with Gasteiger partial charge in [0.25, 0.3) is 5.91 Å². The van der Waals surface area contributed by atoms with Gasteiger partial charge in [-0.05, 0) is 38.5 Å². The van der Waals surface area contributed by atoms with Crippen LogP contribution in [0, 0.1) is 5.92 Å². The molecule has 0 saturated heterocycles. The number of aliphatic hydroxyl groups excluding tert-OH is 1. The molecule has 0 radical (unpaired) electrons. The van der Waals surface area contributed by atoms with Crippen LogP contribution in [0.2, 0.25) is 0 Å². The Balaban J connectivity index is 2.10. The summed E-state index contributed by atoms with van der Waals surface area (Å²) >= 11 is 0. The van der Waals surface area contributed by atoms with Gasteiger partial charge in [0.05, 0.1) is 19.3 Å². The Morgan fingerprint density at radius 1 is 1.25 bits per heavy atom. The van der Waals surface area contributed by atoms with Gasteiger partial charge in [-0.15, -0.1) is 0 Å². The monoisotopic (exact) mass is 465 g/mol. The van der Waals surface area contributed by atoms with Gasteiger partial charge in [0.15, 0.2) is 5.82 Å². The zero-order chi connectivity index (χ0) is 23.5. The summed E-state index contributed by atoms with van der Waals surface area (Å²) in [6, 6.07) is -0.711. The van der Waals surface area contributed by atoms with Gasteiger partial charge < -0.3 is 25.2 Å². The minimum Gasteiger partial charge on any atom is -0.393 e. The van der Waals surface area contributed by atoms with E-state index in [0.717, 1.165) is 12.8 Å². The van der Waals surface area contributed by atoms with Crippen molar-refractivity contribution in [3.63, 3.8) is 0 Å². The Morgan fingerprint density at radius 3 is 2.59 bits per heavy atom. The number of anilines is 1. The second-order valence-corrected chi connectivity index (χ2v) is 7.30. The van der Waals surface area contributed by atoms with E-state index in [9.17, 15) is 27.5 Å². The normalized spacial score (nSPS) is 20.1. The third-order valence-electron chi connectivity index (χ3n) is 4.64. The molecule has 13 heteroatoms. The molecule has 2 rings (SSSR count). The minimum atomic E-state index is -2.95. The van der Waals surface area contributed by atoms with Crippen LogP contribution < -0.4 is 10.6 Å². The highest BCUT2D eigenvalue weighted by molar-refractivity contribution is 5.98. The maximum Gasteiger partial charge on any atom is 0.345 e. The number of nitrogens with one attached hydrogen (secondary N) is 2. The number of nitrogens with zero attached hydrogens (tertiary/aromatic N) is 3. The van der Waals surface area contributed by atoms with Crippen LogP contribution in [0.4, 0.5) is 29.3 Å². The number of amides is 1. The molecule has 1 aromatic rings. The highest BCUT2D eigenvalue weighted by atomic mass is 19.3. The van der Waals surface area contributed by atoms with E-state index >= 15 is 0 Å². The van der Waals surface area contributed by atoms with E-state index in [2.05, 4.69) is 35.1 Å². The van der Waals surface area contributed by atoms with Crippen LogP contribution in [0.1, 0.15) is 43.0 Å². The summed E-state index contributed by atoms with van der Waals surface area (Å²) in [5.74, 6) is -0.449. The molecule has 180 valence electrons.